The summed E-state index contributed by atoms with van der Waals surface area (Å²) in [4.78, 5) is 20.3. The lowest BCUT2D eigenvalue weighted by molar-refractivity contribution is -0.126. The van der Waals surface area contributed by atoms with E-state index in [1.165, 1.54) is 0 Å². The van der Waals surface area contributed by atoms with Crippen LogP contribution in [-0.4, -0.2) is 25.9 Å². The number of rotatable bonds is 0. The Balaban J connectivity index is 2.37. The standard InChI is InChI=1S/C9H3Cl6NO2/c10-3-4(11)8(13)2-1(5(17)16-6(2)18)7(3,12)9(8,14)15/h1-2H,(H,16,17,18)/t1-,2-,7-,8-/m1/s1. The van der Waals surface area contributed by atoms with Gasteiger partial charge in [-0.15, -0.1) is 23.2 Å². The van der Waals surface area contributed by atoms with Crippen LogP contribution in [0.1, 0.15) is 0 Å². The second-order valence-electron chi connectivity index (χ2n) is 4.43. The summed E-state index contributed by atoms with van der Waals surface area (Å²) in [5.41, 5.74) is 0. The van der Waals surface area contributed by atoms with Crippen molar-refractivity contribution >= 4 is 81.4 Å². The third-order valence-corrected chi connectivity index (χ3v) is 8.01. The maximum absolute atomic E-state index is 11.8. The van der Waals surface area contributed by atoms with Crippen LogP contribution in [-0.2, 0) is 9.59 Å². The molecule has 4 atom stereocenters. The van der Waals surface area contributed by atoms with Crippen molar-refractivity contribution in [3.63, 3.8) is 0 Å². The molecule has 3 rings (SSSR count). The highest BCUT2D eigenvalue weighted by molar-refractivity contribution is 6.66. The Bertz CT molecular complexity index is 501. The fraction of sp³-hybridized carbons (Fsp3) is 0.556. The highest BCUT2D eigenvalue weighted by Gasteiger charge is 2.86. The van der Waals surface area contributed by atoms with Crippen LogP contribution in [0.15, 0.2) is 10.1 Å². The average molecular weight is 370 g/mol. The third kappa shape index (κ3) is 1.03. The van der Waals surface area contributed by atoms with Gasteiger partial charge in [0.1, 0.15) is 9.75 Å². The summed E-state index contributed by atoms with van der Waals surface area (Å²) < 4.78 is -1.85. The summed E-state index contributed by atoms with van der Waals surface area (Å²) in [6.45, 7) is 0. The molecule has 0 aromatic heterocycles. The van der Waals surface area contributed by atoms with Gasteiger partial charge in [-0.25, -0.2) is 0 Å². The van der Waals surface area contributed by atoms with Crippen molar-refractivity contribution in [1.82, 2.24) is 5.32 Å². The van der Waals surface area contributed by atoms with Gasteiger partial charge in [-0.2, -0.15) is 0 Å². The largest absolute Gasteiger partial charge is 0.296 e. The highest BCUT2D eigenvalue weighted by atomic mass is 35.5. The van der Waals surface area contributed by atoms with E-state index in [1.54, 1.807) is 0 Å². The van der Waals surface area contributed by atoms with Crippen LogP contribution in [0.3, 0.4) is 0 Å². The predicted octanol–water partition coefficient (Wildman–Crippen LogP) is 2.72. The minimum Gasteiger partial charge on any atom is -0.296 e. The molecule has 2 aliphatic carbocycles. The minimum atomic E-state index is -1.85. The van der Waals surface area contributed by atoms with Crippen molar-refractivity contribution in [2.45, 2.75) is 14.1 Å². The molecule has 3 aliphatic rings. The maximum atomic E-state index is 11.8. The lowest BCUT2D eigenvalue weighted by Crippen LogP contribution is -2.49. The van der Waals surface area contributed by atoms with Gasteiger partial charge in [0, 0.05) is 0 Å². The molecule has 1 aliphatic heterocycles. The Labute approximate surface area is 132 Å². The molecule has 9 heteroatoms. The van der Waals surface area contributed by atoms with Crippen LogP contribution in [0.25, 0.3) is 0 Å². The number of imide groups is 1. The first-order chi connectivity index (χ1) is 8.11. The van der Waals surface area contributed by atoms with E-state index in [4.69, 9.17) is 69.6 Å². The molecule has 1 saturated heterocycles. The molecule has 0 spiro atoms. The molecule has 1 heterocycles. The summed E-state index contributed by atoms with van der Waals surface area (Å²) in [5.74, 6) is -3.27. The van der Waals surface area contributed by atoms with E-state index in [0.717, 1.165) is 0 Å². The Morgan fingerprint density at radius 3 is 1.50 bits per heavy atom. The van der Waals surface area contributed by atoms with Gasteiger partial charge in [-0.1, -0.05) is 46.4 Å². The number of allylic oxidation sites excluding steroid dienone is 2. The molecule has 0 aromatic carbocycles. The summed E-state index contributed by atoms with van der Waals surface area (Å²) in [7, 11) is 0. The molecule has 0 unspecified atom stereocenters. The Hall–Kier alpha value is 0.620. The van der Waals surface area contributed by atoms with Crippen LogP contribution in [0.2, 0.25) is 0 Å². The number of amides is 2. The Morgan fingerprint density at radius 1 is 0.833 bits per heavy atom. The molecule has 2 fully saturated rings. The van der Waals surface area contributed by atoms with E-state index >= 15 is 0 Å². The Kier molecular flexibility index (Phi) is 2.60. The van der Waals surface area contributed by atoms with Crippen LogP contribution >= 0.6 is 69.6 Å². The number of hydrogen-bond donors (Lipinski definition) is 1. The van der Waals surface area contributed by atoms with Gasteiger partial charge >= 0.3 is 0 Å². The van der Waals surface area contributed by atoms with E-state index in [2.05, 4.69) is 5.32 Å². The number of carbonyl (C=O) groups excluding carboxylic acids is 2. The number of fused-ring (bicyclic) bond motifs is 5. The molecular formula is C9H3Cl6NO2. The SMILES string of the molecule is O=C1NC(=O)[C@H]2[C@H]1[C@@]1(Cl)C(Cl)=C(Cl)[C@@]2(Cl)C1(Cl)Cl. The maximum Gasteiger partial charge on any atom is 0.232 e. The van der Waals surface area contributed by atoms with Crippen molar-refractivity contribution in [1.29, 1.82) is 0 Å². The van der Waals surface area contributed by atoms with Gasteiger partial charge in [0.05, 0.1) is 21.9 Å². The van der Waals surface area contributed by atoms with E-state index in [-0.39, 0.29) is 10.1 Å². The van der Waals surface area contributed by atoms with E-state index in [9.17, 15) is 9.59 Å². The molecule has 98 valence electrons. The Morgan fingerprint density at radius 2 is 1.17 bits per heavy atom. The zero-order valence-corrected chi connectivity index (χ0v) is 12.8. The minimum absolute atomic E-state index is 0.0862. The van der Waals surface area contributed by atoms with E-state index in [1.807, 2.05) is 0 Å². The van der Waals surface area contributed by atoms with Crippen LogP contribution < -0.4 is 5.32 Å². The number of halogens is 6. The highest BCUT2D eigenvalue weighted by Crippen LogP contribution is 2.76. The number of hydrogen-bond acceptors (Lipinski definition) is 2. The van der Waals surface area contributed by atoms with Crippen molar-refractivity contribution < 1.29 is 9.59 Å². The zero-order chi connectivity index (χ0) is 13.7. The first kappa shape index (κ1) is 13.6. The fourth-order valence-corrected chi connectivity index (χ4v) is 5.86. The first-order valence-electron chi connectivity index (χ1n) is 4.78. The lowest BCUT2D eigenvalue weighted by Gasteiger charge is -2.33. The average Bonchev–Trinajstić information content (AvgIpc) is 2.68. The zero-order valence-electron chi connectivity index (χ0n) is 8.24. The van der Waals surface area contributed by atoms with Crippen molar-refractivity contribution in [3.8, 4) is 0 Å². The van der Waals surface area contributed by atoms with Gasteiger partial charge in [-0.3, -0.25) is 14.9 Å². The molecule has 2 amide bonds. The topological polar surface area (TPSA) is 46.2 Å². The van der Waals surface area contributed by atoms with Gasteiger partial charge in [0.25, 0.3) is 0 Å². The molecule has 2 bridgehead atoms. The van der Waals surface area contributed by atoms with Gasteiger partial charge in [0.15, 0.2) is 4.33 Å². The van der Waals surface area contributed by atoms with E-state index < -0.39 is 37.7 Å². The summed E-state index contributed by atoms with van der Waals surface area (Å²) in [6, 6.07) is 0. The van der Waals surface area contributed by atoms with Gasteiger partial charge < -0.3 is 0 Å². The van der Waals surface area contributed by atoms with Crippen molar-refractivity contribution in [3.05, 3.63) is 10.1 Å². The molecule has 0 radical (unpaired) electrons. The predicted molar refractivity (Wildman–Crippen MR) is 70.5 cm³/mol. The third-order valence-electron chi connectivity index (χ3n) is 3.75. The van der Waals surface area contributed by atoms with Crippen molar-refractivity contribution in [2.24, 2.45) is 11.8 Å². The second kappa shape index (κ2) is 3.44. The van der Waals surface area contributed by atoms with Crippen LogP contribution in [0.5, 0.6) is 0 Å². The van der Waals surface area contributed by atoms with Gasteiger partial charge in [0.2, 0.25) is 11.8 Å². The normalized spacial score (nSPS) is 48.8. The molecule has 1 saturated carbocycles. The number of nitrogens with one attached hydrogen (secondary N) is 1. The smallest absolute Gasteiger partial charge is 0.232 e. The van der Waals surface area contributed by atoms with E-state index in [0.29, 0.717) is 0 Å². The molecule has 18 heavy (non-hydrogen) atoms. The number of carbonyl (C=O) groups is 2. The first-order valence-corrected chi connectivity index (χ1v) is 7.05. The molecular weight excluding hydrogens is 367 g/mol. The van der Waals surface area contributed by atoms with Gasteiger partial charge in [-0.05, 0) is 0 Å². The molecule has 1 N–H and O–H groups in total. The quantitative estimate of drug-likeness (QED) is 0.527. The molecule has 3 nitrogen and oxygen atoms in total. The monoisotopic (exact) mass is 367 g/mol. The van der Waals surface area contributed by atoms with Crippen LogP contribution in [0.4, 0.5) is 0 Å². The van der Waals surface area contributed by atoms with Crippen LogP contribution in [0, 0.1) is 11.8 Å². The lowest BCUT2D eigenvalue weighted by atomic mass is 9.84. The summed E-state index contributed by atoms with van der Waals surface area (Å²) >= 11 is 37.1. The fourth-order valence-electron chi connectivity index (χ4n) is 2.92. The number of alkyl halides is 4. The summed E-state index contributed by atoms with van der Waals surface area (Å²) in [6.07, 6.45) is 0. The second-order valence-corrected chi connectivity index (χ2v) is 7.71. The molecule has 0 aromatic rings. The summed E-state index contributed by atoms with van der Waals surface area (Å²) in [5, 5.41) is 1.97. The van der Waals surface area contributed by atoms with Crippen molar-refractivity contribution in [2.75, 3.05) is 0 Å².